The van der Waals surface area contributed by atoms with E-state index >= 15 is 0 Å². The summed E-state index contributed by atoms with van der Waals surface area (Å²) in [7, 11) is 0. The third kappa shape index (κ3) is 2.84. The van der Waals surface area contributed by atoms with Crippen LogP contribution in [-0.2, 0) is 9.53 Å². The summed E-state index contributed by atoms with van der Waals surface area (Å²) < 4.78 is 5.06. The molecular formula is C12H12BrClN2O3. The summed E-state index contributed by atoms with van der Waals surface area (Å²) in [5.74, 6) is -0.259. The van der Waals surface area contributed by atoms with Gasteiger partial charge in [0.2, 0.25) is 5.91 Å². The Kier molecular flexibility index (Phi) is 4.31. The fourth-order valence-electron chi connectivity index (χ4n) is 1.82. The van der Waals surface area contributed by atoms with Crippen molar-refractivity contribution in [2.75, 3.05) is 22.2 Å². The molecule has 0 saturated heterocycles. The number of anilines is 2. The number of nitrogens with zero attached hydrogens (tertiary/aromatic N) is 1. The highest BCUT2D eigenvalue weighted by molar-refractivity contribution is 9.09. The van der Waals surface area contributed by atoms with E-state index in [4.69, 9.17) is 16.3 Å². The van der Waals surface area contributed by atoms with Gasteiger partial charge in [0.15, 0.2) is 0 Å². The zero-order valence-corrected chi connectivity index (χ0v) is 12.5. The molecule has 1 heterocycles. The quantitative estimate of drug-likeness (QED) is 0.837. The number of nitrogens with one attached hydrogen (secondary N) is 1. The lowest BCUT2D eigenvalue weighted by Gasteiger charge is -2.33. The molecule has 1 N–H and O–H groups in total. The molecule has 102 valence electrons. The highest BCUT2D eigenvalue weighted by Gasteiger charge is 2.34. The van der Waals surface area contributed by atoms with Gasteiger partial charge in [0, 0.05) is 10.4 Å². The van der Waals surface area contributed by atoms with Crippen LogP contribution in [0.5, 0.6) is 0 Å². The largest absolute Gasteiger partial charge is 0.448 e. The van der Waals surface area contributed by atoms with E-state index in [1.807, 2.05) is 0 Å². The van der Waals surface area contributed by atoms with Gasteiger partial charge in [-0.3, -0.25) is 9.69 Å². The van der Waals surface area contributed by atoms with Crippen molar-refractivity contribution in [3.63, 3.8) is 0 Å². The van der Waals surface area contributed by atoms with E-state index in [9.17, 15) is 9.59 Å². The maximum atomic E-state index is 12.0. The van der Waals surface area contributed by atoms with Gasteiger partial charge in [-0.25, -0.2) is 4.79 Å². The number of benzene rings is 1. The van der Waals surface area contributed by atoms with Gasteiger partial charge < -0.3 is 10.1 Å². The number of alkyl halides is 1. The monoisotopic (exact) mass is 346 g/mol. The number of fused-ring (bicyclic) bond motifs is 1. The summed E-state index contributed by atoms with van der Waals surface area (Å²) in [4.78, 5) is 25.2. The normalized spacial score (nSPS) is 17.7. The van der Waals surface area contributed by atoms with Crippen LogP contribution in [0.25, 0.3) is 0 Å². The lowest BCUT2D eigenvalue weighted by atomic mass is 10.1. The summed E-state index contributed by atoms with van der Waals surface area (Å²) in [6.45, 7) is 1.87. The third-order valence-corrected chi connectivity index (χ3v) is 3.30. The Morgan fingerprint density at radius 2 is 2.32 bits per heavy atom. The molecule has 0 aliphatic carbocycles. The Hall–Kier alpha value is -1.27. The fourth-order valence-corrected chi connectivity index (χ4v) is 2.15. The Bertz CT molecular complexity index is 524. The number of carbonyl (C=O) groups is 2. The summed E-state index contributed by atoms with van der Waals surface area (Å²) in [5.41, 5.74) is 1.09. The van der Waals surface area contributed by atoms with E-state index in [0.29, 0.717) is 21.7 Å². The lowest BCUT2D eigenvalue weighted by molar-refractivity contribution is -0.117. The number of halogens is 2. The van der Waals surface area contributed by atoms with E-state index in [1.54, 1.807) is 25.1 Å². The van der Waals surface area contributed by atoms with Crippen LogP contribution in [-0.4, -0.2) is 30.0 Å². The predicted molar refractivity (Wildman–Crippen MR) is 77.2 cm³/mol. The fraction of sp³-hybridized carbons (Fsp3) is 0.333. The standard InChI is InChI=1S/C12H12BrClN2O3/c1-7-11(17)15-9-3-2-8(14)6-10(9)16(7)12(18)19-5-4-13/h2-3,6-7H,4-5H2,1H3,(H,15,17)/t7-/m0/s1. The molecule has 0 radical (unpaired) electrons. The molecular weight excluding hydrogens is 336 g/mol. The average Bonchev–Trinajstić information content (AvgIpc) is 2.38. The van der Waals surface area contributed by atoms with E-state index in [1.165, 1.54) is 4.90 Å². The zero-order chi connectivity index (χ0) is 14.0. The Morgan fingerprint density at radius 3 is 3.00 bits per heavy atom. The number of carbonyl (C=O) groups excluding carboxylic acids is 2. The topological polar surface area (TPSA) is 58.6 Å². The molecule has 0 unspecified atom stereocenters. The number of hydrogen-bond acceptors (Lipinski definition) is 3. The van der Waals surface area contributed by atoms with Crippen LogP contribution in [0.3, 0.4) is 0 Å². The molecule has 0 aromatic heterocycles. The molecule has 0 fully saturated rings. The van der Waals surface area contributed by atoms with Gasteiger partial charge in [-0.2, -0.15) is 0 Å². The lowest BCUT2D eigenvalue weighted by Crippen LogP contribution is -2.49. The van der Waals surface area contributed by atoms with E-state index < -0.39 is 12.1 Å². The number of amides is 2. The molecule has 0 saturated carbocycles. The minimum absolute atomic E-state index is 0.236. The van der Waals surface area contributed by atoms with Crippen molar-refractivity contribution in [1.29, 1.82) is 0 Å². The highest BCUT2D eigenvalue weighted by Crippen LogP contribution is 2.34. The van der Waals surface area contributed by atoms with Gasteiger partial charge in [0.25, 0.3) is 0 Å². The number of ether oxygens (including phenoxy) is 1. The number of hydrogen-bond donors (Lipinski definition) is 1. The Labute approximate surface area is 124 Å². The summed E-state index contributed by atoms with van der Waals surface area (Å²) in [6.07, 6.45) is -0.565. The third-order valence-electron chi connectivity index (χ3n) is 2.74. The van der Waals surface area contributed by atoms with E-state index in [-0.39, 0.29) is 12.5 Å². The van der Waals surface area contributed by atoms with Crippen molar-refractivity contribution < 1.29 is 14.3 Å². The van der Waals surface area contributed by atoms with Crippen molar-refractivity contribution >= 4 is 50.9 Å². The van der Waals surface area contributed by atoms with Gasteiger partial charge in [-0.1, -0.05) is 27.5 Å². The summed E-state index contributed by atoms with van der Waals surface area (Å²) in [6, 6.07) is 4.29. The van der Waals surface area contributed by atoms with Crippen molar-refractivity contribution in [3.8, 4) is 0 Å². The van der Waals surface area contributed by atoms with Crippen LogP contribution >= 0.6 is 27.5 Å². The predicted octanol–water partition coefficient (Wildman–Crippen LogP) is 3.02. The van der Waals surface area contributed by atoms with Crippen LogP contribution in [0.2, 0.25) is 5.02 Å². The smallest absolute Gasteiger partial charge is 0.415 e. The highest BCUT2D eigenvalue weighted by atomic mass is 79.9. The molecule has 1 aromatic carbocycles. The second-order valence-electron chi connectivity index (χ2n) is 4.00. The minimum atomic E-state index is -0.645. The van der Waals surface area contributed by atoms with Crippen molar-refractivity contribution in [2.24, 2.45) is 0 Å². The summed E-state index contributed by atoms with van der Waals surface area (Å²) in [5, 5.41) is 3.75. The SMILES string of the molecule is C[C@H]1C(=O)Nc2ccc(Cl)cc2N1C(=O)OCCBr. The van der Waals surface area contributed by atoms with Crippen molar-refractivity contribution in [2.45, 2.75) is 13.0 Å². The van der Waals surface area contributed by atoms with Gasteiger partial charge in [0.05, 0.1) is 11.4 Å². The van der Waals surface area contributed by atoms with Crippen LogP contribution < -0.4 is 10.2 Å². The van der Waals surface area contributed by atoms with Crippen LogP contribution in [0.1, 0.15) is 6.92 Å². The average molecular weight is 348 g/mol. The first kappa shape index (κ1) is 14.1. The van der Waals surface area contributed by atoms with Crippen LogP contribution in [0, 0.1) is 0 Å². The van der Waals surface area contributed by atoms with Crippen molar-refractivity contribution in [1.82, 2.24) is 0 Å². The maximum Gasteiger partial charge on any atom is 0.415 e. The second kappa shape index (κ2) is 5.79. The van der Waals surface area contributed by atoms with Gasteiger partial charge in [0.1, 0.15) is 12.6 Å². The molecule has 0 spiro atoms. The molecule has 19 heavy (non-hydrogen) atoms. The van der Waals surface area contributed by atoms with E-state index in [0.717, 1.165) is 0 Å². The summed E-state index contributed by atoms with van der Waals surface area (Å²) >= 11 is 9.11. The molecule has 2 amide bonds. The molecule has 1 aliphatic rings. The van der Waals surface area contributed by atoms with Gasteiger partial charge >= 0.3 is 6.09 Å². The first-order valence-corrected chi connectivity index (χ1v) is 7.17. The van der Waals surface area contributed by atoms with E-state index in [2.05, 4.69) is 21.2 Å². The van der Waals surface area contributed by atoms with Crippen molar-refractivity contribution in [3.05, 3.63) is 23.2 Å². The van der Waals surface area contributed by atoms with Crippen LogP contribution in [0.15, 0.2) is 18.2 Å². The maximum absolute atomic E-state index is 12.0. The molecule has 1 aliphatic heterocycles. The minimum Gasteiger partial charge on any atom is -0.448 e. The molecule has 0 bridgehead atoms. The Balaban J connectivity index is 2.38. The molecule has 1 atom stereocenters. The van der Waals surface area contributed by atoms with Gasteiger partial charge in [-0.15, -0.1) is 0 Å². The molecule has 7 heteroatoms. The number of rotatable bonds is 2. The van der Waals surface area contributed by atoms with Gasteiger partial charge in [-0.05, 0) is 25.1 Å². The first-order valence-electron chi connectivity index (χ1n) is 5.67. The first-order chi connectivity index (χ1) is 9.04. The molecule has 5 nitrogen and oxygen atoms in total. The second-order valence-corrected chi connectivity index (χ2v) is 5.23. The molecule has 1 aromatic rings. The molecule has 2 rings (SSSR count). The Morgan fingerprint density at radius 1 is 1.58 bits per heavy atom. The van der Waals surface area contributed by atoms with Crippen LogP contribution in [0.4, 0.5) is 16.2 Å². The zero-order valence-electron chi connectivity index (χ0n) is 10.2.